The summed E-state index contributed by atoms with van der Waals surface area (Å²) in [5.74, 6) is 0.115. The number of hydrogen-bond donors (Lipinski definition) is 2. The Morgan fingerprint density at radius 1 is 1.35 bits per heavy atom. The number of ether oxygens (including phenoxy) is 1. The molecule has 3 rings (SSSR count). The minimum Gasteiger partial charge on any atom is -0.485 e. The number of aliphatic hydroxyl groups excluding tert-OH is 1. The van der Waals surface area contributed by atoms with Gasteiger partial charge in [0.25, 0.3) is 5.91 Å². The maximum Gasteiger partial charge on any atom is 0.251 e. The molecule has 1 aromatic carbocycles. The normalized spacial score (nSPS) is 23.5. The van der Waals surface area contributed by atoms with Crippen molar-refractivity contribution in [3.63, 3.8) is 0 Å². The third-order valence-corrected chi connectivity index (χ3v) is 4.92. The molecule has 1 aromatic rings. The van der Waals surface area contributed by atoms with Crippen molar-refractivity contribution in [2.45, 2.75) is 44.9 Å². The van der Waals surface area contributed by atoms with Gasteiger partial charge < -0.3 is 15.2 Å². The van der Waals surface area contributed by atoms with Crippen LogP contribution in [0.1, 0.15) is 49.2 Å². The second-order valence-electron chi connectivity index (χ2n) is 7.08. The Kier molecular flexibility index (Phi) is 4.82. The van der Waals surface area contributed by atoms with Crippen LogP contribution in [0.2, 0.25) is 0 Å². The molecule has 2 N–H and O–H groups in total. The first kappa shape index (κ1) is 18.5. The first-order valence-electron chi connectivity index (χ1n) is 8.43. The maximum atomic E-state index is 12.7. The maximum absolute atomic E-state index is 12.7. The Labute approximate surface area is 157 Å². The van der Waals surface area contributed by atoms with Gasteiger partial charge in [-0.1, -0.05) is 24.4 Å². The van der Waals surface area contributed by atoms with Crippen molar-refractivity contribution in [2.75, 3.05) is 0 Å². The Morgan fingerprint density at radius 3 is 2.73 bits per heavy atom. The molecule has 1 heterocycles. The van der Waals surface area contributed by atoms with E-state index in [0.29, 0.717) is 33.7 Å². The van der Waals surface area contributed by atoms with E-state index in [2.05, 4.69) is 5.32 Å². The lowest BCUT2D eigenvalue weighted by Gasteiger charge is -2.42. The average Bonchev–Trinajstić information content (AvgIpc) is 2.58. The molecule has 1 aliphatic heterocycles. The van der Waals surface area contributed by atoms with E-state index in [9.17, 15) is 14.7 Å². The second kappa shape index (κ2) is 6.78. The van der Waals surface area contributed by atoms with Gasteiger partial charge in [-0.05, 0) is 45.0 Å². The topological polar surface area (TPSA) is 75.6 Å². The van der Waals surface area contributed by atoms with Crippen molar-refractivity contribution >= 4 is 28.8 Å². The van der Waals surface area contributed by atoms with Gasteiger partial charge in [0.05, 0.1) is 6.04 Å². The zero-order chi connectivity index (χ0) is 19.1. The summed E-state index contributed by atoms with van der Waals surface area (Å²) in [4.78, 5) is 25.1. The lowest BCUT2D eigenvalue weighted by atomic mass is 9.85. The molecule has 2 aliphatic rings. The number of amides is 1. The molecule has 0 radical (unpaired) electrons. The first-order valence-corrected chi connectivity index (χ1v) is 8.84. The van der Waals surface area contributed by atoms with Gasteiger partial charge in [-0.25, -0.2) is 0 Å². The number of fused-ring (bicyclic) bond motifs is 1. The van der Waals surface area contributed by atoms with Crippen LogP contribution in [0.3, 0.4) is 0 Å². The number of carbonyl (C=O) groups is 2. The Balaban J connectivity index is 1.98. The summed E-state index contributed by atoms with van der Waals surface area (Å²) in [6.07, 6.45) is 4.87. The number of thiocarbonyl (C=S) groups is 1. The van der Waals surface area contributed by atoms with Crippen molar-refractivity contribution in [3.05, 3.63) is 53.1 Å². The van der Waals surface area contributed by atoms with E-state index in [1.54, 1.807) is 44.2 Å². The third kappa shape index (κ3) is 3.48. The highest BCUT2D eigenvalue weighted by Crippen LogP contribution is 2.40. The van der Waals surface area contributed by atoms with Gasteiger partial charge in [0.1, 0.15) is 17.5 Å². The molecule has 0 spiro atoms. The molecular formula is C20H21NO4S. The smallest absolute Gasteiger partial charge is 0.251 e. The van der Waals surface area contributed by atoms with Crippen molar-refractivity contribution in [3.8, 4) is 5.75 Å². The summed E-state index contributed by atoms with van der Waals surface area (Å²) < 4.78 is 5.88. The molecule has 136 valence electrons. The zero-order valence-electron chi connectivity index (χ0n) is 14.9. The van der Waals surface area contributed by atoms with Crippen LogP contribution in [0.25, 0.3) is 0 Å². The molecule has 0 aromatic heterocycles. The fourth-order valence-electron chi connectivity index (χ4n) is 3.12. The summed E-state index contributed by atoms with van der Waals surface area (Å²) >= 11 is 5.16. The van der Waals surface area contributed by atoms with Crippen LogP contribution in [0.15, 0.2) is 42.0 Å². The van der Waals surface area contributed by atoms with Gasteiger partial charge in [-0.15, -0.1) is 0 Å². The van der Waals surface area contributed by atoms with E-state index < -0.39 is 17.7 Å². The van der Waals surface area contributed by atoms with E-state index in [4.69, 9.17) is 17.0 Å². The SMILES string of the molecule is CC(=O)c1ccc2c(c1)[C@H](NC(=O)C1=CC(=S)CC=C1)[C@@H](O)C(C)(C)O2. The van der Waals surface area contributed by atoms with Crippen LogP contribution in [-0.2, 0) is 4.79 Å². The number of nitrogens with one attached hydrogen (secondary N) is 1. The molecule has 0 saturated heterocycles. The van der Waals surface area contributed by atoms with Gasteiger partial charge in [0.15, 0.2) is 5.78 Å². The van der Waals surface area contributed by atoms with E-state index in [0.717, 1.165) is 0 Å². The summed E-state index contributed by atoms with van der Waals surface area (Å²) in [6, 6.07) is 4.34. The predicted molar refractivity (Wildman–Crippen MR) is 102 cm³/mol. The summed E-state index contributed by atoms with van der Waals surface area (Å²) in [7, 11) is 0. The number of ketones is 1. The molecule has 26 heavy (non-hydrogen) atoms. The number of carbonyl (C=O) groups excluding carboxylic acids is 2. The number of allylic oxidation sites excluding steroid dienone is 2. The molecule has 1 aliphatic carbocycles. The molecule has 5 nitrogen and oxygen atoms in total. The fourth-order valence-corrected chi connectivity index (χ4v) is 3.35. The summed E-state index contributed by atoms with van der Waals surface area (Å²) in [5, 5.41) is 13.7. The minimum absolute atomic E-state index is 0.0968. The molecule has 0 unspecified atom stereocenters. The van der Waals surface area contributed by atoms with Gasteiger partial charge >= 0.3 is 0 Å². The molecular weight excluding hydrogens is 350 g/mol. The first-order chi connectivity index (χ1) is 12.2. The van der Waals surface area contributed by atoms with Gasteiger partial charge in [0.2, 0.25) is 0 Å². The van der Waals surface area contributed by atoms with Crippen molar-refractivity contribution < 1.29 is 19.4 Å². The van der Waals surface area contributed by atoms with Crippen LogP contribution in [0.5, 0.6) is 5.75 Å². The molecule has 0 fully saturated rings. The lowest BCUT2D eigenvalue weighted by Crippen LogP contribution is -2.53. The number of Topliss-reactive ketones (excluding diaryl/α,β-unsaturated/α-hetero) is 1. The van der Waals surface area contributed by atoms with Gasteiger partial charge in [0, 0.05) is 28.0 Å². The minimum atomic E-state index is -0.985. The summed E-state index contributed by atoms with van der Waals surface area (Å²) in [6.45, 7) is 4.99. The fraction of sp³-hybridized carbons (Fsp3) is 0.350. The Morgan fingerprint density at radius 2 is 2.08 bits per heavy atom. The number of aliphatic hydroxyl groups is 1. The summed E-state index contributed by atoms with van der Waals surface area (Å²) in [5.41, 5.74) is 0.633. The molecule has 2 atom stereocenters. The average molecular weight is 371 g/mol. The molecule has 0 bridgehead atoms. The van der Waals surface area contributed by atoms with Crippen LogP contribution in [0.4, 0.5) is 0 Å². The molecule has 1 amide bonds. The highest BCUT2D eigenvalue weighted by Gasteiger charge is 2.43. The number of benzene rings is 1. The predicted octanol–water partition coefficient (Wildman–Crippen LogP) is 2.83. The molecule has 0 saturated carbocycles. The molecule has 6 heteroatoms. The zero-order valence-corrected chi connectivity index (χ0v) is 15.7. The van der Waals surface area contributed by atoms with E-state index >= 15 is 0 Å². The Bertz CT molecular complexity index is 853. The van der Waals surface area contributed by atoms with E-state index in [-0.39, 0.29) is 11.7 Å². The lowest BCUT2D eigenvalue weighted by molar-refractivity contribution is -0.121. The van der Waals surface area contributed by atoms with Crippen LogP contribution >= 0.6 is 12.2 Å². The van der Waals surface area contributed by atoms with E-state index in [1.165, 1.54) is 6.92 Å². The Hall–Kier alpha value is -2.31. The largest absolute Gasteiger partial charge is 0.485 e. The third-order valence-electron chi connectivity index (χ3n) is 4.63. The van der Waals surface area contributed by atoms with E-state index in [1.807, 2.05) is 6.08 Å². The van der Waals surface area contributed by atoms with Crippen molar-refractivity contribution in [2.24, 2.45) is 0 Å². The monoisotopic (exact) mass is 371 g/mol. The highest BCUT2D eigenvalue weighted by atomic mass is 32.1. The van der Waals surface area contributed by atoms with Crippen molar-refractivity contribution in [1.29, 1.82) is 0 Å². The number of hydrogen-bond acceptors (Lipinski definition) is 5. The highest BCUT2D eigenvalue weighted by molar-refractivity contribution is 7.80. The van der Waals surface area contributed by atoms with Gasteiger partial charge in [-0.3, -0.25) is 9.59 Å². The van der Waals surface area contributed by atoms with Crippen LogP contribution in [-0.4, -0.2) is 33.4 Å². The van der Waals surface area contributed by atoms with Crippen molar-refractivity contribution in [1.82, 2.24) is 5.32 Å². The number of rotatable bonds is 3. The second-order valence-corrected chi connectivity index (χ2v) is 7.61. The van der Waals surface area contributed by atoms with Crippen LogP contribution < -0.4 is 10.1 Å². The quantitative estimate of drug-likeness (QED) is 0.631. The van der Waals surface area contributed by atoms with Gasteiger partial charge in [-0.2, -0.15) is 0 Å². The van der Waals surface area contributed by atoms with Crippen LogP contribution in [0, 0.1) is 0 Å². The standard InChI is InChI=1S/C20H21NO4S/c1-11(22)12-7-8-16-15(10-12)17(18(23)20(2,3)25-16)21-19(24)13-5-4-6-14(26)9-13/h4-5,7-10,17-18,23H,6H2,1-3H3,(H,21,24)/t17-,18+/m0/s1.